The quantitative estimate of drug-likeness (QED) is 0.414. The molecule has 1 aliphatic heterocycles. The number of nitrogens with one attached hydrogen (secondary N) is 2. The maximum atomic E-state index is 12.5. The van der Waals surface area contributed by atoms with Gasteiger partial charge in [-0.25, -0.2) is 4.79 Å². The van der Waals surface area contributed by atoms with Gasteiger partial charge in [0.15, 0.2) is 5.82 Å². The number of nitrogens with zero attached hydrogens (tertiary/aromatic N) is 4. The smallest absolute Gasteiger partial charge is 0.328 e. The van der Waals surface area contributed by atoms with Crippen LogP contribution in [0, 0.1) is 6.92 Å². The molecule has 2 aromatic heterocycles. The van der Waals surface area contributed by atoms with Crippen LogP contribution in [0.4, 0.5) is 5.82 Å². The molecule has 0 amide bonds. The number of ether oxygens (including phenoxy) is 1. The van der Waals surface area contributed by atoms with Crippen LogP contribution in [-0.2, 0) is 18.8 Å². The number of imidazole rings is 1. The fourth-order valence-electron chi connectivity index (χ4n) is 4.76. The van der Waals surface area contributed by atoms with Crippen molar-refractivity contribution < 1.29 is 4.74 Å². The molecule has 4 aromatic rings. The highest BCUT2D eigenvalue weighted by molar-refractivity contribution is 5.92. The van der Waals surface area contributed by atoms with Gasteiger partial charge in [-0.1, -0.05) is 29.8 Å². The number of H-pyrrole nitrogens is 1. The third-order valence-electron chi connectivity index (χ3n) is 6.68. The zero-order valence-electron chi connectivity index (χ0n) is 20.1. The summed E-state index contributed by atoms with van der Waals surface area (Å²) in [6.45, 7) is 7.61. The maximum Gasteiger partial charge on any atom is 0.328 e. The van der Waals surface area contributed by atoms with Gasteiger partial charge in [0.1, 0.15) is 0 Å². The zero-order valence-corrected chi connectivity index (χ0v) is 20.1. The highest BCUT2D eigenvalue weighted by atomic mass is 16.5. The van der Waals surface area contributed by atoms with Crippen LogP contribution in [0.2, 0.25) is 0 Å². The summed E-state index contributed by atoms with van der Waals surface area (Å²) in [5.41, 5.74) is 7.09. The molecule has 0 aliphatic carbocycles. The van der Waals surface area contributed by atoms with Crippen LogP contribution in [0.5, 0.6) is 0 Å². The first-order valence-corrected chi connectivity index (χ1v) is 11.9. The van der Waals surface area contributed by atoms with E-state index in [2.05, 4.69) is 63.7 Å². The molecule has 0 atom stereocenters. The van der Waals surface area contributed by atoms with Crippen molar-refractivity contribution in [1.29, 1.82) is 0 Å². The van der Waals surface area contributed by atoms with Gasteiger partial charge in [0.2, 0.25) is 0 Å². The van der Waals surface area contributed by atoms with E-state index in [9.17, 15) is 4.79 Å². The third kappa shape index (κ3) is 4.26. The van der Waals surface area contributed by atoms with Gasteiger partial charge >= 0.3 is 5.69 Å². The zero-order chi connectivity index (χ0) is 23.7. The molecule has 0 bridgehead atoms. The predicted molar refractivity (Wildman–Crippen MR) is 136 cm³/mol. The fourth-order valence-corrected chi connectivity index (χ4v) is 4.76. The minimum atomic E-state index is -0.0280. The van der Waals surface area contributed by atoms with Crippen LogP contribution in [-0.4, -0.2) is 63.6 Å². The fraction of sp³-hybridized carbons (Fsp3) is 0.385. The van der Waals surface area contributed by atoms with Crippen molar-refractivity contribution >= 4 is 16.9 Å². The highest BCUT2D eigenvalue weighted by Crippen LogP contribution is 2.37. The topological polar surface area (TPSA) is 80.1 Å². The summed E-state index contributed by atoms with van der Waals surface area (Å²) >= 11 is 0. The van der Waals surface area contributed by atoms with Crippen molar-refractivity contribution in [2.24, 2.45) is 14.1 Å². The van der Waals surface area contributed by atoms with Gasteiger partial charge in [0.25, 0.3) is 0 Å². The van der Waals surface area contributed by atoms with E-state index in [1.807, 2.05) is 20.2 Å². The van der Waals surface area contributed by atoms with Crippen molar-refractivity contribution in [3.63, 3.8) is 0 Å². The number of hydrogen-bond acceptors (Lipinski definition) is 5. The highest BCUT2D eigenvalue weighted by Gasteiger charge is 2.19. The molecular formula is C26H32N6O2. The second-order valence-corrected chi connectivity index (χ2v) is 9.03. The molecule has 1 fully saturated rings. The molecule has 8 nitrogen and oxygen atoms in total. The molecule has 8 heteroatoms. The molecule has 178 valence electrons. The number of rotatable bonds is 7. The summed E-state index contributed by atoms with van der Waals surface area (Å²) in [6.07, 6.45) is 1.03. The average Bonchev–Trinajstić information content (AvgIpc) is 3.37. The van der Waals surface area contributed by atoms with Gasteiger partial charge in [-0.05, 0) is 43.7 Å². The van der Waals surface area contributed by atoms with Crippen molar-refractivity contribution in [1.82, 2.24) is 24.2 Å². The van der Waals surface area contributed by atoms with Crippen LogP contribution in [0.15, 0.2) is 47.3 Å². The Kier molecular flexibility index (Phi) is 6.26. The Bertz CT molecular complexity index is 1360. The maximum absolute atomic E-state index is 12.5. The Labute approximate surface area is 199 Å². The molecule has 1 saturated heterocycles. The number of hydrogen-bond donors (Lipinski definition) is 2. The molecule has 0 spiro atoms. The lowest BCUT2D eigenvalue weighted by Crippen LogP contribution is -2.37. The number of aromatic nitrogens is 4. The number of fused-ring (bicyclic) bond motifs is 1. The van der Waals surface area contributed by atoms with E-state index in [4.69, 9.17) is 4.74 Å². The average molecular weight is 461 g/mol. The van der Waals surface area contributed by atoms with E-state index >= 15 is 0 Å². The first kappa shape index (κ1) is 22.4. The van der Waals surface area contributed by atoms with Crippen LogP contribution in [0.1, 0.15) is 12.0 Å². The minimum absolute atomic E-state index is 0.0280. The van der Waals surface area contributed by atoms with Crippen LogP contribution >= 0.6 is 0 Å². The molecule has 0 saturated carbocycles. The first-order chi connectivity index (χ1) is 16.5. The number of anilines is 1. The van der Waals surface area contributed by atoms with Gasteiger partial charge in [0, 0.05) is 39.3 Å². The van der Waals surface area contributed by atoms with E-state index in [0.717, 1.165) is 85.0 Å². The van der Waals surface area contributed by atoms with Crippen LogP contribution < -0.4 is 11.0 Å². The van der Waals surface area contributed by atoms with E-state index in [0.29, 0.717) is 0 Å². The summed E-state index contributed by atoms with van der Waals surface area (Å²) in [4.78, 5) is 14.9. The third-order valence-corrected chi connectivity index (χ3v) is 6.68. The molecule has 3 heterocycles. The molecule has 2 aromatic carbocycles. The first-order valence-electron chi connectivity index (χ1n) is 11.9. The Morgan fingerprint density at radius 2 is 1.82 bits per heavy atom. The van der Waals surface area contributed by atoms with Gasteiger partial charge < -0.3 is 10.1 Å². The van der Waals surface area contributed by atoms with Gasteiger partial charge in [-0.15, -0.1) is 0 Å². The predicted octanol–water partition coefficient (Wildman–Crippen LogP) is 3.38. The molecular weight excluding hydrogens is 428 g/mol. The lowest BCUT2D eigenvalue weighted by Gasteiger charge is -2.26. The normalized spacial score (nSPS) is 14.7. The second-order valence-electron chi connectivity index (χ2n) is 9.03. The molecule has 2 N–H and O–H groups in total. The molecule has 0 unspecified atom stereocenters. The van der Waals surface area contributed by atoms with Crippen molar-refractivity contribution in [3.05, 3.63) is 58.5 Å². The summed E-state index contributed by atoms with van der Waals surface area (Å²) in [6, 6.07) is 14.6. The summed E-state index contributed by atoms with van der Waals surface area (Å²) in [7, 11) is 3.62. The van der Waals surface area contributed by atoms with E-state index < -0.39 is 0 Å². The lowest BCUT2D eigenvalue weighted by molar-refractivity contribution is 0.0378. The van der Waals surface area contributed by atoms with Gasteiger partial charge in [0.05, 0.1) is 35.5 Å². The number of morpholine rings is 1. The van der Waals surface area contributed by atoms with Crippen molar-refractivity contribution in [2.75, 3.05) is 44.7 Å². The molecule has 0 radical (unpaired) electrons. The number of benzene rings is 2. The van der Waals surface area contributed by atoms with Crippen LogP contribution in [0.3, 0.4) is 0 Å². The van der Waals surface area contributed by atoms with Gasteiger partial charge in [-0.2, -0.15) is 5.10 Å². The SMILES string of the molecule is Cc1cccc(-c2[nH]nc(NCCCN3CCOCC3)c2-c2ccc3c(c2)n(C)c(=O)n3C)c1. The minimum Gasteiger partial charge on any atom is -0.379 e. The monoisotopic (exact) mass is 460 g/mol. The summed E-state index contributed by atoms with van der Waals surface area (Å²) in [5.74, 6) is 0.832. The van der Waals surface area contributed by atoms with Crippen molar-refractivity contribution in [3.8, 4) is 22.4 Å². The molecule has 1 aliphatic rings. The largest absolute Gasteiger partial charge is 0.379 e. The Hall–Kier alpha value is -3.36. The second kappa shape index (κ2) is 9.48. The standard InChI is InChI=1S/C26H32N6O2/c1-18-6-4-7-20(16-18)24-23(19-8-9-21-22(17-19)31(3)26(33)30(21)2)25(29-28-24)27-10-5-11-32-12-14-34-15-13-32/h4,6-9,16-17H,5,10-15H2,1-3H3,(H2,27,28,29). The van der Waals surface area contributed by atoms with E-state index in [1.165, 1.54) is 5.56 Å². The van der Waals surface area contributed by atoms with Gasteiger partial charge in [-0.3, -0.25) is 19.1 Å². The Balaban J connectivity index is 1.48. The number of aromatic amines is 1. The van der Waals surface area contributed by atoms with Crippen LogP contribution in [0.25, 0.3) is 33.4 Å². The van der Waals surface area contributed by atoms with Crippen molar-refractivity contribution in [2.45, 2.75) is 13.3 Å². The van der Waals surface area contributed by atoms with E-state index in [1.54, 1.807) is 9.13 Å². The molecule has 34 heavy (non-hydrogen) atoms. The lowest BCUT2D eigenvalue weighted by atomic mass is 9.99. The number of aryl methyl sites for hydroxylation is 3. The van der Waals surface area contributed by atoms with E-state index in [-0.39, 0.29) is 5.69 Å². The molecule has 5 rings (SSSR count). The Morgan fingerprint density at radius 1 is 1.03 bits per heavy atom. The summed E-state index contributed by atoms with van der Waals surface area (Å²) < 4.78 is 8.82. The summed E-state index contributed by atoms with van der Waals surface area (Å²) in [5, 5.41) is 11.5. The Morgan fingerprint density at radius 3 is 2.62 bits per heavy atom.